The molecule has 0 atom stereocenters. The molecule has 1 fully saturated rings. The first-order valence-corrected chi connectivity index (χ1v) is 9.92. The van der Waals surface area contributed by atoms with Gasteiger partial charge < -0.3 is 5.11 Å². The van der Waals surface area contributed by atoms with Gasteiger partial charge in [-0.3, -0.25) is 14.5 Å². The van der Waals surface area contributed by atoms with Crippen molar-refractivity contribution in [1.29, 1.82) is 0 Å². The van der Waals surface area contributed by atoms with Crippen LogP contribution < -0.4 is 0 Å². The minimum atomic E-state index is -0.577. The second kappa shape index (κ2) is 7.72. The molecule has 0 radical (unpaired) electrons. The summed E-state index contributed by atoms with van der Waals surface area (Å²) >= 11 is 13.2. The molecule has 0 aromatic heterocycles. The first kappa shape index (κ1) is 19.4. The normalized spacial score (nSPS) is 16.0. The van der Waals surface area contributed by atoms with Gasteiger partial charge in [-0.1, -0.05) is 17.7 Å². The lowest BCUT2D eigenvalue weighted by Crippen LogP contribution is -2.28. The number of thioether (sulfide) groups is 1. The number of phenolic OH excluding ortho intramolecular Hbond substituents is 1. The van der Waals surface area contributed by atoms with Crippen molar-refractivity contribution in [1.82, 2.24) is 4.90 Å². The highest BCUT2D eigenvalue weighted by Crippen LogP contribution is 2.37. The zero-order chi connectivity index (χ0) is 19.0. The number of aromatic hydroxyl groups is 1. The number of benzene rings is 2. The summed E-state index contributed by atoms with van der Waals surface area (Å²) in [7, 11) is 0. The van der Waals surface area contributed by atoms with E-state index in [2.05, 4.69) is 31.9 Å². The van der Waals surface area contributed by atoms with E-state index in [4.69, 9.17) is 11.6 Å². The Morgan fingerprint density at radius 2 is 1.88 bits per heavy atom. The fourth-order valence-electron chi connectivity index (χ4n) is 2.30. The lowest BCUT2D eigenvalue weighted by atomic mass is 10.2. The van der Waals surface area contributed by atoms with Crippen molar-refractivity contribution >= 4 is 72.4 Å². The quantitative estimate of drug-likeness (QED) is 0.508. The van der Waals surface area contributed by atoms with Crippen molar-refractivity contribution in [3.8, 4) is 5.75 Å². The molecule has 4 nitrogen and oxygen atoms in total. The monoisotopic (exact) mass is 519 g/mol. The highest BCUT2D eigenvalue weighted by atomic mass is 79.9. The van der Waals surface area contributed by atoms with Crippen LogP contribution in [0.2, 0.25) is 5.02 Å². The minimum absolute atomic E-state index is 0.0319. The van der Waals surface area contributed by atoms with Crippen LogP contribution in [0.25, 0.3) is 6.08 Å². The van der Waals surface area contributed by atoms with Crippen LogP contribution in [0.15, 0.2) is 44.2 Å². The number of hydrogen-bond donors (Lipinski definition) is 1. The van der Waals surface area contributed by atoms with E-state index in [1.54, 1.807) is 12.1 Å². The third-order valence-corrected chi connectivity index (χ3v) is 6.06. The maximum absolute atomic E-state index is 13.9. The number of carbonyl (C=O) groups excluding carboxylic acids is 2. The van der Waals surface area contributed by atoms with Crippen LogP contribution in [0, 0.1) is 5.82 Å². The molecule has 9 heteroatoms. The van der Waals surface area contributed by atoms with Gasteiger partial charge in [-0.25, -0.2) is 4.39 Å². The van der Waals surface area contributed by atoms with E-state index in [1.807, 2.05) is 0 Å². The predicted molar refractivity (Wildman–Crippen MR) is 106 cm³/mol. The van der Waals surface area contributed by atoms with Crippen LogP contribution in [0.3, 0.4) is 0 Å². The molecule has 1 heterocycles. The second-order valence-corrected chi connectivity index (χ2v) is 8.41. The maximum atomic E-state index is 13.9. The van der Waals surface area contributed by atoms with E-state index in [1.165, 1.54) is 24.3 Å². The summed E-state index contributed by atoms with van der Waals surface area (Å²) in [6.45, 7) is -0.240. The van der Waals surface area contributed by atoms with Crippen molar-refractivity contribution in [3.05, 3.63) is 66.1 Å². The van der Waals surface area contributed by atoms with Gasteiger partial charge in [0.1, 0.15) is 11.6 Å². The molecule has 0 spiro atoms. The molecule has 2 aromatic carbocycles. The molecule has 0 aliphatic carbocycles. The Labute approximate surface area is 174 Å². The first-order chi connectivity index (χ1) is 12.3. The third-order valence-electron chi connectivity index (χ3n) is 3.59. The molecule has 1 saturated heterocycles. The van der Waals surface area contributed by atoms with E-state index < -0.39 is 17.0 Å². The van der Waals surface area contributed by atoms with E-state index in [-0.39, 0.29) is 27.8 Å². The van der Waals surface area contributed by atoms with Gasteiger partial charge in [0.2, 0.25) is 0 Å². The van der Waals surface area contributed by atoms with Crippen LogP contribution in [0.5, 0.6) is 5.75 Å². The molecule has 134 valence electrons. The van der Waals surface area contributed by atoms with Crippen LogP contribution in [-0.2, 0) is 11.3 Å². The van der Waals surface area contributed by atoms with Gasteiger partial charge in [0.25, 0.3) is 11.1 Å². The van der Waals surface area contributed by atoms with Crippen LogP contribution in [0.1, 0.15) is 11.1 Å². The molecule has 3 rings (SSSR count). The molecule has 1 aliphatic rings. The number of imide groups is 1. The summed E-state index contributed by atoms with van der Waals surface area (Å²) in [6.07, 6.45) is 1.53. The fraction of sp³-hybridized carbons (Fsp3) is 0.0588. The van der Waals surface area contributed by atoms with E-state index in [9.17, 15) is 19.1 Å². The number of halogens is 4. The van der Waals surface area contributed by atoms with Gasteiger partial charge in [0, 0.05) is 10.6 Å². The largest absolute Gasteiger partial charge is 0.506 e. The lowest BCUT2D eigenvalue weighted by molar-refractivity contribution is -0.123. The number of hydrogen-bond acceptors (Lipinski definition) is 4. The zero-order valence-electron chi connectivity index (χ0n) is 12.8. The van der Waals surface area contributed by atoms with E-state index in [0.29, 0.717) is 14.5 Å². The van der Waals surface area contributed by atoms with Gasteiger partial charge in [-0.05, 0) is 79.5 Å². The first-order valence-electron chi connectivity index (χ1n) is 7.14. The van der Waals surface area contributed by atoms with Crippen molar-refractivity contribution in [2.24, 2.45) is 0 Å². The molecular weight excluding hydrogens is 513 g/mol. The van der Waals surface area contributed by atoms with Crippen LogP contribution >= 0.6 is 55.2 Å². The number of amides is 2. The van der Waals surface area contributed by atoms with Crippen molar-refractivity contribution in [2.75, 3.05) is 0 Å². The van der Waals surface area contributed by atoms with Gasteiger partial charge in [-0.2, -0.15) is 0 Å². The van der Waals surface area contributed by atoms with Gasteiger partial charge in [0.05, 0.1) is 20.4 Å². The lowest BCUT2D eigenvalue weighted by Gasteiger charge is -2.14. The summed E-state index contributed by atoms with van der Waals surface area (Å²) in [5, 5.41) is 9.40. The maximum Gasteiger partial charge on any atom is 0.293 e. The number of phenols is 1. The Morgan fingerprint density at radius 3 is 2.50 bits per heavy atom. The van der Waals surface area contributed by atoms with Crippen molar-refractivity contribution in [3.63, 3.8) is 0 Å². The summed E-state index contributed by atoms with van der Waals surface area (Å²) in [5.74, 6) is -1.07. The fourth-order valence-corrected chi connectivity index (χ4v) is 4.58. The molecule has 2 amide bonds. The molecule has 0 saturated carbocycles. The van der Waals surface area contributed by atoms with Gasteiger partial charge in [0.15, 0.2) is 0 Å². The molecule has 0 unspecified atom stereocenters. The Bertz CT molecular complexity index is 924. The molecule has 0 bridgehead atoms. The molecule has 1 aliphatic heterocycles. The van der Waals surface area contributed by atoms with Crippen LogP contribution in [-0.4, -0.2) is 21.2 Å². The standard InChI is InChI=1S/C17H9Br2ClFNO3S/c18-10-4-8(5-11(19)15(10)23)6-14-16(24)22(17(25)26-14)7-9-12(20)2-1-3-13(9)21/h1-6,23H,7H2/b14-6-. The van der Waals surface area contributed by atoms with Gasteiger partial charge in [-0.15, -0.1) is 0 Å². The molecule has 1 N–H and O–H groups in total. The van der Waals surface area contributed by atoms with E-state index in [0.717, 1.165) is 16.7 Å². The Morgan fingerprint density at radius 1 is 1.23 bits per heavy atom. The SMILES string of the molecule is O=C1S/C(=C\c2cc(Br)c(O)c(Br)c2)C(=O)N1Cc1c(F)cccc1Cl. The van der Waals surface area contributed by atoms with Crippen LogP contribution in [0.4, 0.5) is 9.18 Å². The average Bonchev–Trinajstić information content (AvgIpc) is 2.83. The summed E-state index contributed by atoms with van der Waals surface area (Å²) in [4.78, 5) is 25.9. The third kappa shape index (κ3) is 3.83. The highest BCUT2D eigenvalue weighted by Gasteiger charge is 2.35. The topological polar surface area (TPSA) is 57.6 Å². The average molecular weight is 522 g/mol. The van der Waals surface area contributed by atoms with Crippen molar-refractivity contribution in [2.45, 2.75) is 6.54 Å². The van der Waals surface area contributed by atoms with Crippen molar-refractivity contribution < 1.29 is 19.1 Å². The minimum Gasteiger partial charge on any atom is -0.506 e. The Balaban J connectivity index is 1.90. The second-order valence-electron chi connectivity index (χ2n) is 5.30. The number of carbonyl (C=O) groups is 2. The zero-order valence-corrected chi connectivity index (χ0v) is 17.5. The highest BCUT2D eigenvalue weighted by molar-refractivity contribution is 9.11. The summed E-state index contributed by atoms with van der Waals surface area (Å²) in [5.41, 5.74) is 0.698. The molecule has 26 heavy (non-hydrogen) atoms. The Hall–Kier alpha value is -1.35. The van der Waals surface area contributed by atoms with Gasteiger partial charge >= 0.3 is 0 Å². The summed E-state index contributed by atoms with van der Waals surface area (Å²) in [6, 6.07) is 7.40. The number of rotatable bonds is 3. The number of nitrogens with zero attached hydrogens (tertiary/aromatic N) is 1. The predicted octanol–water partition coefficient (Wildman–Crippen LogP) is 5.95. The summed E-state index contributed by atoms with van der Waals surface area (Å²) < 4.78 is 14.8. The molecule has 2 aromatic rings. The molecular formula is C17H9Br2ClFNO3S. The van der Waals surface area contributed by atoms with E-state index >= 15 is 0 Å². The Kier molecular flexibility index (Phi) is 5.76. The smallest absolute Gasteiger partial charge is 0.293 e.